The highest BCUT2D eigenvalue weighted by atomic mass is 32.1. The van der Waals surface area contributed by atoms with Gasteiger partial charge in [0.1, 0.15) is 0 Å². The Kier molecular flexibility index (Phi) is 3.21. The summed E-state index contributed by atoms with van der Waals surface area (Å²) in [5.74, 6) is 0. The molecule has 0 aliphatic carbocycles. The Balaban J connectivity index is 1.86. The van der Waals surface area contributed by atoms with Crippen LogP contribution in [0.4, 0.5) is 0 Å². The van der Waals surface area contributed by atoms with Crippen molar-refractivity contribution in [3.63, 3.8) is 0 Å². The largest absolute Gasteiger partial charge is 0.305 e. The predicted molar refractivity (Wildman–Crippen MR) is 61.8 cm³/mol. The van der Waals surface area contributed by atoms with Crippen LogP contribution >= 0.6 is 11.3 Å². The number of nitrogens with one attached hydrogen (secondary N) is 1. The molecule has 0 saturated carbocycles. The minimum absolute atomic E-state index is 0.506. The first-order valence-corrected chi connectivity index (χ1v) is 6.11. The normalized spacial score (nSPS) is 25.4. The molecule has 3 heteroatoms. The van der Waals surface area contributed by atoms with E-state index < -0.39 is 0 Å². The van der Waals surface area contributed by atoms with Gasteiger partial charge < -0.3 is 10.2 Å². The summed E-state index contributed by atoms with van der Waals surface area (Å²) >= 11 is 1.84. The Morgan fingerprint density at radius 1 is 1.64 bits per heavy atom. The van der Waals surface area contributed by atoms with Gasteiger partial charge in [-0.15, -0.1) is 11.3 Å². The average molecular weight is 210 g/mol. The molecule has 1 aromatic rings. The van der Waals surface area contributed by atoms with Gasteiger partial charge in [-0.05, 0) is 38.4 Å². The van der Waals surface area contributed by atoms with Crippen molar-refractivity contribution in [1.82, 2.24) is 10.2 Å². The third-order valence-electron chi connectivity index (χ3n) is 2.85. The van der Waals surface area contributed by atoms with E-state index in [9.17, 15) is 0 Å². The Hall–Kier alpha value is -0.380. The molecule has 2 rings (SSSR count). The summed E-state index contributed by atoms with van der Waals surface area (Å²) in [6.07, 6.45) is 1.28. The SMILES string of the molecule is C[C@H](N[C@@H]1CCN(C)C1)c1cccs1. The van der Waals surface area contributed by atoms with Crippen LogP contribution in [0.5, 0.6) is 0 Å². The second-order valence-electron chi connectivity index (χ2n) is 4.15. The third kappa shape index (κ3) is 2.35. The molecule has 78 valence electrons. The van der Waals surface area contributed by atoms with E-state index in [1.807, 2.05) is 11.3 Å². The first-order chi connectivity index (χ1) is 6.75. The fraction of sp³-hybridized carbons (Fsp3) is 0.636. The van der Waals surface area contributed by atoms with Crippen molar-refractivity contribution in [1.29, 1.82) is 0 Å². The van der Waals surface area contributed by atoms with Crippen molar-refractivity contribution < 1.29 is 0 Å². The molecular formula is C11H18N2S. The van der Waals surface area contributed by atoms with E-state index in [4.69, 9.17) is 0 Å². The van der Waals surface area contributed by atoms with E-state index in [0.29, 0.717) is 12.1 Å². The fourth-order valence-electron chi connectivity index (χ4n) is 2.04. The van der Waals surface area contributed by atoms with Crippen LogP contribution < -0.4 is 5.32 Å². The molecule has 2 nitrogen and oxygen atoms in total. The number of likely N-dealkylation sites (N-methyl/N-ethyl adjacent to an activating group) is 1. The molecule has 0 bridgehead atoms. The Morgan fingerprint density at radius 3 is 3.07 bits per heavy atom. The number of hydrogen-bond acceptors (Lipinski definition) is 3. The van der Waals surface area contributed by atoms with Gasteiger partial charge in [0.25, 0.3) is 0 Å². The molecule has 0 aromatic carbocycles. The van der Waals surface area contributed by atoms with Crippen molar-refractivity contribution in [3.05, 3.63) is 22.4 Å². The molecule has 0 amide bonds. The van der Waals surface area contributed by atoms with E-state index in [1.54, 1.807) is 0 Å². The maximum atomic E-state index is 3.68. The molecule has 0 spiro atoms. The second kappa shape index (κ2) is 4.43. The van der Waals surface area contributed by atoms with Crippen LogP contribution in [0, 0.1) is 0 Å². The third-order valence-corrected chi connectivity index (χ3v) is 3.90. The molecule has 1 aliphatic rings. The highest BCUT2D eigenvalue weighted by molar-refractivity contribution is 7.10. The minimum Gasteiger partial charge on any atom is -0.305 e. The van der Waals surface area contributed by atoms with Gasteiger partial charge in [0.15, 0.2) is 0 Å². The lowest BCUT2D eigenvalue weighted by Gasteiger charge is -2.18. The Labute approximate surface area is 89.9 Å². The molecule has 1 aromatic heterocycles. The fourth-order valence-corrected chi connectivity index (χ4v) is 2.79. The Bertz CT molecular complexity index is 271. The van der Waals surface area contributed by atoms with Crippen molar-refractivity contribution in [3.8, 4) is 0 Å². The predicted octanol–water partition coefficient (Wildman–Crippen LogP) is 2.10. The zero-order valence-electron chi connectivity index (χ0n) is 8.86. The quantitative estimate of drug-likeness (QED) is 0.822. The van der Waals surface area contributed by atoms with E-state index in [-0.39, 0.29) is 0 Å². The van der Waals surface area contributed by atoms with E-state index in [0.717, 1.165) is 0 Å². The number of hydrogen-bond donors (Lipinski definition) is 1. The number of thiophene rings is 1. The van der Waals surface area contributed by atoms with Crippen molar-refractivity contribution in [2.45, 2.75) is 25.4 Å². The lowest BCUT2D eigenvalue weighted by atomic mass is 10.2. The van der Waals surface area contributed by atoms with Gasteiger partial charge in [-0.3, -0.25) is 0 Å². The van der Waals surface area contributed by atoms with Gasteiger partial charge >= 0.3 is 0 Å². The molecule has 1 fully saturated rings. The van der Waals surface area contributed by atoms with Crippen molar-refractivity contribution in [2.24, 2.45) is 0 Å². The lowest BCUT2D eigenvalue weighted by Crippen LogP contribution is -2.33. The molecule has 0 unspecified atom stereocenters. The van der Waals surface area contributed by atoms with Crippen molar-refractivity contribution >= 4 is 11.3 Å². The van der Waals surface area contributed by atoms with E-state index >= 15 is 0 Å². The summed E-state index contributed by atoms with van der Waals surface area (Å²) in [7, 11) is 2.19. The Morgan fingerprint density at radius 2 is 2.50 bits per heavy atom. The van der Waals surface area contributed by atoms with Gasteiger partial charge in [-0.25, -0.2) is 0 Å². The summed E-state index contributed by atoms with van der Waals surface area (Å²) in [5, 5.41) is 5.83. The highest BCUT2D eigenvalue weighted by Crippen LogP contribution is 2.20. The maximum Gasteiger partial charge on any atom is 0.0388 e. The van der Waals surface area contributed by atoms with Crippen LogP contribution in [0.2, 0.25) is 0 Å². The van der Waals surface area contributed by atoms with Crippen LogP contribution in [0.3, 0.4) is 0 Å². The maximum absolute atomic E-state index is 3.68. The van der Waals surface area contributed by atoms with E-state index in [2.05, 4.69) is 41.7 Å². The molecule has 2 atom stereocenters. The van der Waals surface area contributed by atoms with Gasteiger partial charge in [-0.2, -0.15) is 0 Å². The average Bonchev–Trinajstić information content (AvgIpc) is 2.75. The number of likely N-dealkylation sites (tertiary alicyclic amines) is 1. The summed E-state index contributed by atoms with van der Waals surface area (Å²) in [4.78, 5) is 3.83. The summed E-state index contributed by atoms with van der Waals surface area (Å²) in [6.45, 7) is 4.68. The van der Waals surface area contributed by atoms with Crippen LogP contribution in [-0.2, 0) is 0 Å². The van der Waals surface area contributed by atoms with Gasteiger partial charge in [0.2, 0.25) is 0 Å². The summed E-state index contributed by atoms with van der Waals surface area (Å²) in [6, 6.07) is 5.52. The number of rotatable bonds is 3. The molecule has 1 aliphatic heterocycles. The standard InChI is InChI=1S/C11H18N2S/c1-9(11-4-3-7-14-11)12-10-5-6-13(2)8-10/h3-4,7,9-10,12H,5-6,8H2,1-2H3/t9-,10+/m0/s1. The molecule has 1 saturated heterocycles. The van der Waals surface area contributed by atoms with Crippen LogP contribution in [0.15, 0.2) is 17.5 Å². The van der Waals surface area contributed by atoms with Gasteiger partial charge in [0.05, 0.1) is 0 Å². The van der Waals surface area contributed by atoms with Crippen LogP contribution in [0.25, 0.3) is 0 Å². The molecular weight excluding hydrogens is 192 g/mol. The highest BCUT2D eigenvalue weighted by Gasteiger charge is 2.21. The zero-order chi connectivity index (χ0) is 9.97. The van der Waals surface area contributed by atoms with Crippen molar-refractivity contribution in [2.75, 3.05) is 20.1 Å². The molecule has 0 radical (unpaired) electrons. The van der Waals surface area contributed by atoms with Gasteiger partial charge in [-0.1, -0.05) is 6.07 Å². The topological polar surface area (TPSA) is 15.3 Å². The minimum atomic E-state index is 0.506. The van der Waals surface area contributed by atoms with Crippen LogP contribution in [-0.4, -0.2) is 31.1 Å². The zero-order valence-corrected chi connectivity index (χ0v) is 9.68. The van der Waals surface area contributed by atoms with Gasteiger partial charge in [0, 0.05) is 23.5 Å². The number of nitrogens with zero attached hydrogens (tertiary/aromatic N) is 1. The smallest absolute Gasteiger partial charge is 0.0388 e. The van der Waals surface area contributed by atoms with Crippen LogP contribution in [0.1, 0.15) is 24.3 Å². The first-order valence-electron chi connectivity index (χ1n) is 5.23. The monoisotopic (exact) mass is 210 g/mol. The molecule has 1 N–H and O–H groups in total. The molecule has 14 heavy (non-hydrogen) atoms. The summed E-state index contributed by atoms with van der Waals surface area (Å²) < 4.78 is 0. The van der Waals surface area contributed by atoms with E-state index in [1.165, 1.54) is 24.4 Å². The summed E-state index contributed by atoms with van der Waals surface area (Å²) in [5.41, 5.74) is 0. The second-order valence-corrected chi connectivity index (χ2v) is 5.13. The molecule has 2 heterocycles. The lowest BCUT2D eigenvalue weighted by molar-refractivity contribution is 0.388. The first kappa shape index (κ1) is 10.1.